The summed E-state index contributed by atoms with van der Waals surface area (Å²) in [5.41, 5.74) is 4.01. The van der Waals surface area contributed by atoms with E-state index in [1.807, 2.05) is 24.3 Å². The molecule has 6 nitrogen and oxygen atoms in total. The number of pyridine rings is 1. The zero-order chi connectivity index (χ0) is 23.2. The van der Waals surface area contributed by atoms with Crippen LogP contribution in [0, 0.1) is 0 Å². The van der Waals surface area contributed by atoms with Gasteiger partial charge >= 0.3 is 5.97 Å². The lowest BCUT2D eigenvalue weighted by molar-refractivity contribution is -0.131. The third-order valence-corrected chi connectivity index (χ3v) is 5.87. The summed E-state index contributed by atoms with van der Waals surface area (Å²) < 4.78 is 5.90. The number of hydrogen-bond donors (Lipinski definition) is 3. The Hall–Kier alpha value is -3.19. The van der Waals surface area contributed by atoms with E-state index in [-0.39, 0.29) is 6.04 Å². The lowest BCUT2D eigenvalue weighted by atomic mass is 9.88. The molecular weight excluding hydrogens is 440 g/mol. The van der Waals surface area contributed by atoms with Gasteiger partial charge in [0.25, 0.3) is 0 Å². The molecule has 0 radical (unpaired) electrons. The Balaban J connectivity index is 1.35. The van der Waals surface area contributed by atoms with Crippen molar-refractivity contribution in [2.45, 2.75) is 31.4 Å². The van der Waals surface area contributed by atoms with Crippen molar-refractivity contribution in [3.8, 4) is 11.6 Å². The topological polar surface area (TPSA) is 91.7 Å². The SMILES string of the molecule is O=C(O)/C=C/c1ccc(Oc2ccc3c(c2)C[C@@H](NC[C@H](O)c2cccc(Cl)c2)CC3)nc1. The molecule has 0 bridgehead atoms. The second-order valence-corrected chi connectivity index (χ2v) is 8.49. The van der Waals surface area contributed by atoms with Crippen LogP contribution in [0.25, 0.3) is 6.08 Å². The largest absolute Gasteiger partial charge is 0.478 e. The van der Waals surface area contributed by atoms with E-state index in [0.29, 0.717) is 28.8 Å². The van der Waals surface area contributed by atoms with Crippen LogP contribution in [0.15, 0.2) is 66.9 Å². The second-order valence-electron chi connectivity index (χ2n) is 8.05. The van der Waals surface area contributed by atoms with Gasteiger partial charge in [-0.15, -0.1) is 0 Å². The Kier molecular flexibility index (Phi) is 7.40. The van der Waals surface area contributed by atoms with Crippen LogP contribution in [0.3, 0.4) is 0 Å². The number of aliphatic hydroxyl groups is 1. The molecule has 1 heterocycles. The summed E-state index contributed by atoms with van der Waals surface area (Å²) in [5.74, 6) is 0.142. The van der Waals surface area contributed by atoms with Gasteiger partial charge in [0.1, 0.15) is 5.75 Å². The predicted molar refractivity (Wildman–Crippen MR) is 128 cm³/mol. The number of carboxylic acid groups (broad SMARTS) is 1. The zero-order valence-corrected chi connectivity index (χ0v) is 18.7. The monoisotopic (exact) mass is 464 g/mol. The van der Waals surface area contributed by atoms with Gasteiger partial charge in [0.15, 0.2) is 0 Å². The number of nitrogens with one attached hydrogen (secondary N) is 1. The minimum Gasteiger partial charge on any atom is -0.478 e. The summed E-state index contributed by atoms with van der Waals surface area (Å²) in [5, 5.41) is 23.3. The number of aliphatic carboxylic acids is 1. The van der Waals surface area contributed by atoms with Gasteiger partial charge in [-0.1, -0.05) is 29.8 Å². The maximum Gasteiger partial charge on any atom is 0.328 e. The predicted octanol–water partition coefficient (Wildman–Crippen LogP) is 4.81. The van der Waals surface area contributed by atoms with E-state index in [1.54, 1.807) is 30.5 Å². The van der Waals surface area contributed by atoms with Crippen molar-refractivity contribution in [2.24, 2.45) is 0 Å². The van der Waals surface area contributed by atoms with Gasteiger partial charge in [0.05, 0.1) is 6.10 Å². The van der Waals surface area contributed by atoms with Crippen molar-refractivity contribution in [1.82, 2.24) is 10.3 Å². The summed E-state index contributed by atoms with van der Waals surface area (Å²) in [6.45, 7) is 0.461. The lowest BCUT2D eigenvalue weighted by Crippen LogP contribution is -2.37. The number of aromatic nitrogens is 1. The first-order chi connectivity index (χ1) is 16.0. The number of aryl methyl sites for hydroxylation is 1. The molecule has 0 aliphatic heterocycles. The Morgan fingerprint density at radius 3 is 2.85 bits per heavy atom. The molecule has 2 aromatic carbocycles. The van der Waals surface area contributed by atoms with Crippen molar-refractivity contribution in [2.75, 3.05) is 6.54 Å². The highest BCUT2D eigenvalue weighted by atomic mass is 35.5. The Bertz CT molecular complexity index is 1150. The van der Waals surface area contributed by atoms with Gasteiger partial charge in [-0.2, -0.15) is 0 Å². The number of nitrogens with zero attached hydrogens (tertiary/aromatic N) is 1. The quantitative estimate of drug-likeness (QED) is 0.414. The average molecular weight is 465 g/mol. The molecule has 0 spiro atoms. The molecule has 0 unspecified atom stereocenters. The number of hydrogen-bond acceptors (Lipinski definition) is 5. The molecule has 0 saturated heterocycles. The molecule has 1 aliphatic rings. The number of halogens is 1. The van der Waals surface area contributed by atoms with E-state index in [2.05, 4.69) is 16.4 Å². The summed E-state index contributed by atoms with van der Waals surface area (Å²) >= 11 is 6.03. The Morgan fingerprint density at radius 2 is 2.09 bits per heavy atom. The number of benzene rings is 2. The summed E-state index contributed by atoms with van der Waals surface area (Å²) in [7, 11) is 0. The fourth-order valence-corrected chi connectivity index (χ4v) is 4.12. The first-order valence-corrected chi connectivity index (χ1v) is 11.2. The highest BCUT2D eigenvalue weighted by Gasteiger charge is 2.20. The van der Waals surface area contributed by atoms with E-state index in [1.165, 1.54) is 17.2 Å². The van der Waals surface area contributed by atoms with Crippen LogP contribution in [0.5, 0.6) is 11.6 Å². The third-order valence-electron chi connectivity index (χ3n) is 5.64. The van der Waals surface area contributed by atoms with Crippen molar-refractivity contribution < 1.29 is 19.7 Å². The normalized spacial score (nSPS) is 16.4. The van der Waals surface area contributed by atoms with E-state index in [4.69, 9.17) is 21.4 Å². The number of rotatable bonds is 8. The zero-order valence-electron chi connectivity index (χ0n) is 17.9. The standard InChI is InChI=1S/C26H25ClN2O4/c27-21-3-1-2-19(12-21)24(30)16-28-22-8-6-18-7-9-23(14-20(18)13-22)33-25-10-4-17(15-29-25)5-11-26(31)32/h1-5,7,9-12,14-15,22,24,28,30H,6,8,13,16H2,(H,31,32)/b11-5+/t22-,24-/m0/s1. The van der Waals surface area contributed by atoms with Gasteiger partial charge in [-0.05, 0) is 77.9 Å². The minimum atomic E-state index is -1.00. The number of carboxylic acids is 1. The van der Waals surface area contributed by atoms with Crippen LogP contribution >= 0.6 is 11.6 Å². The van der Waals surface area contributed by atoms with Gasteiger partial charge in [0, 0.05) is 35.9 Å². The fourth-order valence-electron chi connectivity index (χ4n) is 3.92. The number of fused-ring (bicyclic) bond motifs is 1. The number of ether oxygens (including phenoxy) is 1. The van der Waals surface area contributed by atoms with Crippen molar-refractivity contribution in [3.05, 3.63) is 94.1 Å². The van der Waals surface area contributed by atoms with Gasteiger partial charge < -0.3 is 20.3 Å². The molecule has 3 N–H and O–H groups in total. The van der Waals surface area contributed by atoms with Crippen molar-refractivity contribution in [1.29, 1.82) is 0 Å². The molecule has 1 aliphatic carbocycles. The first-order valence-electron chi connectivity index (χ1n) is 10.8. The molecule has 33 heavy (non-hydrogen) atoms. The molecular formula is C26H25ClN2O4. The Morgan fingerprint density at radius 1 is 1.21 bits per heavy atom. The number of carbonyl (C=O) groups is 1. The minimum absolute atomic E-state index is 0.264. The van der Waals surface area contributed by atoms with Crippen LogP contribution in [-0.2, 0) is 17.6 Å². The third kappa shape index (κ3) is 6.42. The van der Waals surface area contributed by atoms with E-state index >= 15 is 0 Å². The van der Waals surface area contributed by atoms with Crippen LogP contribution in [0.1, 0.15) is 34.8 Å². The van der Waals surface area contributed by atoms with Crippen molar-refractivity contribution >= 4 is 23.6 Å². The summed E-state index contributed by atoms with van der Waals surface area (Å²) in [6, 6.07) is 17.1. The van der Waals surface area contributed by atoms with Gasteiger partial charge in [0.2, 0.25) is 5.88 Å². The molecule has 2 atom stereocenters. The highest BCUT2D eigenvalue weighted by Crippen LogP contribution is 2.28. The van der Waals surface area contributed by atoms with Crippen LogP contribution < -0.4 is 10.1 Å². The van der Waals surface area contributed by atoms with Crippen LogP contribution in [0.2, 0.25) is 5.02 Å². The fraction of sp³-hybridized carbons (Fsp3) is 0.231. The first kappa shape index (κ1) is 23.0. The average Bonchev–Trinajstić information content (AvgIpc) is 2.82. The molecule has 0 saturated carbocycles. The Labute approximate surface area is 197 Å². The summed E-state index contributed by atoms with van der Waals surface area (Å²) in [6.07, 6.45) is 6.32. The molecule has 0 fully saturated rings. The van der Waals surface area contributed by atoms with Crippen LogP contribution in [-0.4, -0.2) is 33.8 Å². The smallest absolute Gasteiger partial charge is 0.328 e. The van der Waals surface area contributed by atoms with Crippen LogP contribution in [0.4, 0.5) is 0 Å². The molecule has 1 aromatic heterocycles. The van der Waals surface area contributed by atoms with Crippen molar-refractivity contribution in [3.63, 3.8) is 0 Å². The van der Waals surface area contributed by atoms with Gasteiger partial charge in [-0.25, -0.2) is 9.78 Å². The van der Waals surface area contributed by atoms with Gasteiger partial charge in [-0.3, -0.25) is 0 Å². The molecule has 0 amide bonds. The maximum atomic E-state index is 10.6. The molecule has 3 aromatic rings. The highest BCUT2D eigenvalue weighted by molar-refractivity contribution is 6.30. The maximum absolute atomic E-state index is 10.6. The second kappa shape index (κ2) is 10.6. The summed E-state index contributed by atoms with van der Waals surface area (Å²) in [4.78, 5) is 14.9. The lowest BCUT2D eigenvalue weighted by Gasteiger charge is -2.27. The van der Waals surface area contributed by atoms with E-state index < -0.39 is 12.1 Å². The van der Waals surface area contributed by atoms with E-state index in [9.17, 15) is 9.90 Å². The molecule has 170 valence electrons. The van der Waals surface area contributed by atoms with E-state index in [0.717, 1.165) is 30.9 Å². The molecule has 7 heteroatoms. The number of aliphatic hydroxyl groups excluding tert-OH is 1. The molecule has 4 rings (SSSR count).